The first kappa shape index (κ1) is 14.1. The molecule has 1 aromatic rings. The molecule has 0 spiro atoms. The first-order valence-electron chi connectivity index (χ1n) is 5.71. The molecule has 3 nitrogen and oxygen atoms in total. The third kappa shape index (κ3) is 4.79. The molecule has 0 aliphatic carbocycles. The van der Waals surface area contributed by atoms with E-state index in [0.717, 1.165) is 24.4 Å². The molecule has 0 aliphatic heterocycles. The van der Waals surface area contributed by atoms with Crippen LogP contribution < -0.4 is 5.73 Å². The maximum Gasteiger partial charge on any atom is 0.0995 e. The van der Waals surface area contributed by atoms with Gasteiger partial charge in [-0.25, -0.2) is 0 Å². The van der Waals surface area contributed by atoms with Gasteiger partial charge in [-0.3, -0.25) is 5.41 Å². The maximum atomic E-state index is 7.71. The Labute approximate surface area is 108 Å². The highest BCUT2D eigenvalue weighted by molar-refractivity contribution is 7.98. The van der Waals surface area contributed by atoms with Crippen molar-refractivity contribution in [2.45, 2.75) is 5.92 Å². The van der Waals surface area contributed by atoms with Crippen LogP contribution in [0.5, 0.6) is 0 Å². The molecule has 0 heterocycles. The number of amidine groups is 1. The summed E-state index contributed by atoms with van der Waals surface area (Å²) >= 11 is 1.83. The predicted octanol–water partition coefficient (Wildman–Crippen LogP) is 2.00. The molecule has 1 aromatic carbocycles. The van der Waals surface area contributed by atoms with Crippen molar-refractivity contribution in [3.05, 3.63) is 35.9 Å². The number of likely N-dealkylation sites (N-methyl/N-ethyl adjacent to an activating group) is 1. The fraction of sp³-hybridized carbons (Fsp3) is 0.462. The van der Waals surface area contributed by atoms with Crippen LogP contribution in [-0.2, 0) is 0 Å². The van der Waals surface area contributed by atoms with Gasteiger partial charge < -0.3 is 10.6 Å². The van der Waals surface area contributed by atoms with Crippen molar-refractivity contribution in [3.63, 3.8) is 0 Å². The second kappa shape index (κ2) is 7.35. The molecule has 0 saturated carbocycles. The highest BCUT2D eigenvalue weighted by Crippen LogP contribution is 2.16. The van der Waals surface area contributed by atoms with Gasteiger partial charge in [-0.05, 0) is 18.9 Å². The van der Waals surface area contributed by atoms with Gasteiger partial charge in [0.1, 0.15) is 0 Å². The minimum atomic E-state index is 0.00283. The molecule has 0 bridgehead atoms. The number of hydrogen-bond acceptors (Lipinski definition) is 3. The second-order valence-corrected chi connectivity index (χ2v) is 5.16. The molecule has 1 rings (SSSR count). The van der Waals surface area contributed by atoms with E-state index in [1.54, 1.807) is 0 Å². The molecule has 0 fully saturated rings. The number of thioether (sulfide) groups is 1. The summed E-state index contributed by atoms with van der Waals surface area (Å²) in [7, 11) is 2.08. The van der Waals surface area contributed by atoms with Crippen LogP contribution in [0.15, 0.2) is 30.3 Å². The molecular formula is C13H21N3S. The average molecular weight is 251 g/mol. The van der Waals surface area contributed by atoms with E-state index >= 15 is 0 Å². The third-order valence-electron chi connectivity index (χ3n) is 2.75. The third-order valence-corrected chi connectivity index (χ3v) is 3.34. The van der Waals surface area contributed by atoms with Crippen LogP contribution in [0.25, 0.3) is 0 Å². The minimum absolute atomic E-state index is 0.00283. The standard InChI is InChI=1S/C13H21N3S/c1-16(8-9-17-2)10-12(13(14)15)11-6-4-3-5-7-11/h3-7,12H,8-10H2,1-2H3,(H3,14,15). The minimum Gasteiger partial charge on any atom is -0.387 e. The van der Waals surface area contributed by atoms with E-state index in [4.69, 9.17) is 11.1 Å². The molecule has 17 heavy (non-hydrogen) atoms. The Hall–Kier alpha value is -1.00. The van der Waals surface area contributed by atoms with E-state index in [1.165, 1.54) is 0 Å². The van der Waals surface area contributed by atoms with E-state index in [1.807, 2.05) is 42.1 Å². The van der Waals surface area contributed by atoms with Gasteiger partial charge in [0.15, 0.2) is 0 Å². The maximum absolute atomic E-state index is 7.71. The SMILES string of the molecule is CSCCN(C)CC(C(=N)N)c1ccccc1. The van der Waals surface area contributed by atoms with E-state index in [9.17, 15) is 0 Å². The molecule has 1 unspecified atom stereocenters. The van der Waals surface area contributed by atoms with Crippen molar-refractivity contribution in [1.82, 2.24) is 4.90 Å². The molecule has 1 atom stereocenters. The Bertz CT molecular complexity index is 340. The number of hydrogen-bond donors (Lipinski definition) is 2. The molecule has 0 aliphatic rings. The topological polar surface area (TPSA) is 53.1 Å². The van der Waals surface area contributed by atoms with E-state index in [0.29, 0.717) is 0 Å². The first-order valence-corrected chi connectivity index (χ1v) is 7.11. The van der Waals surface area contributed by atoms with Crippen molar-refractivity contribution in [1.29, 1.82) is 5.41 Å². The van der Waals surface area contributed by atoms with Crippen LogP contribution in [0.1, 0.15) is 11.5 Å². The number of benzene rings is 1. The van der Waals surface area contributed by atoms with Gasteiger partial charge in [-0.1, -0.05) is 30.3 Å². The average Bonchev–Trinajstić information content (AvgIpc) is 2.34. The van der Waals surface area contributed by atoms with Gasteiger partial charge in [-0.15, -0.1) is 0 Å². The fourth-order valence-electron chi connectivity index (χ4n) is 1.72. The van der Waals surface area contributed by atoms with Gasteiger partial charge in [0.05, 0.1) is 11.8 Å². The smallest absolute Gasteiger partial charge is 0.0995 e. The monoisotopic (exact) mass is 251 g/mol. The van der Waals surface area contributed by atoms with Gasteiger partial charge in [-0.2, -0.15) is 11.8 Å². The fourth-order valence-corrected chi connectivity index (χ4v) is 2.21. The van der Waals surface area contributed by atoms with Crippen LogP contribution in [0, 0.1) is 5.41 Å². The largest absolute Gasteiger partial charge is 0.387 e. The van der Waals surface area contributed by atoms with Crippen molar-refractivity contribution < 1.29 is 0 Å². The second-order valence-electron chi connectivity index (χ2n) is 4.17. The summed E-state index contributed by atoms with van der Waals surface area (Å²) in [6.45, 7) is 1.83. The lowest BCUT2D eigenvalue weighted by molar-refractivity contribution is 0.351. The molecule has 0 radical (unpaired) electrons. The summed E-state index contributed by atoms with van der Waals surface area (Å²) in [6, 6.07) is 10.0. The lowest BCUT2D eigenvalue weighted by atomic mass is 9.97. The van der Waals surface area contributed by atoms with Crippen molar-refractivity contribution >= 4 is 17.6 Å². The Morgan fingerprint density at radius 2 is 2.06 bits per heavy atom. The Morgan fingerprint density at radius 3 is 2.59 bits per heavy atom. The normalized spacial score (nSPS) is 12.6. The molecule has 0 saturated heterocycles. The van der Waals surface area contributed by atoms with Gasteiger partial charge in [0.25, 0.3) is 0 Å². The Morgan fingerprint density at radius 1 is 1.41 bits per heavy atom. The molecular weight excluding hydrogens is 230 g/mol. The van der Waals surface area contributed by atoms with E-state index in [-0.39, 0.29) is 11.8 Å². The summed E-state index contributed by atoms with van der Waals surface area (Å²) in [6.07, 6.45) is 2.10. The Kier molecular flexibility index (Phi) is 6.08. The summed E-state index contributed by atoms with van der Waals surface area (Å²) in [5, 5.41) is 7.71. The number of nitrogens with zero attached hydrogens (tertiary/aromatic N) is 1. The molecule has 94 valence electrons. The summed E-state index contributed by atoms with van der Waals surface area (Å²) in [4.78, 5) is 2.23. The number of nitrogens with two attached hydrogens (primary N) is 1. The quantitative estimate of drug-likeness (QED) is 0.576. The molecule has 0 amide bonds. The van der Waals surface area contributed by atoms with Crippen LogP contribution in [0.2, 0.25) is 0 Å². The van der Waals surface area contributed by atoms with Gasteiger partial charge >= 0.3 is 0 Å². The van der Waals surface area contributed by atoms with Crippen LogP contribution >= 0.6 is 11.8 Å². The zero-order valence-corrected chi connectivity index (χ0v) is 11.3. The first-order chi connectivity index (χ1) is 8.15. The highest BCUT2D eigenvalue weighted by atomic mass is 32.2. The van der Waals surface area contributed by atoms with Crippen LogP contribution in [0.4, 0.5) is 0 Å². The highest BCUT2D eigenvalue weighted by Gasteiger charge is 2.16. The number of rotatable bonds is 7. The van der Waals surface area contributed by atoms with Crippen LogP contribution in [-0.4, -0.2) is 42.9 Å². The van der Waals surface area contributed by atoms with Crippen molar-refractivity contribution in [2.24, 2.45) is 5.73 Å². The van der Waals surface area contributed by atoms with Gasteiger partial charge in [0, 0.05) is 18.8 Å². The lowest BCUT2D eigenvalue weighted by Crippen LogP contribution is -2.33. The van der Waals surface area contributed by atoms with E-state index < -0.39 is 0 Å². The van der Waals surface area contributed by atoms with Crippen LogP contribution in [0.3, 0.4) is 0 Å². The zero-order valence-electron chi connectivity index (χ0n) is 10.5. The summed E-state index contributed by atoms with van der Waals surface area (Å²) in [5.74, 6) is 1.35. The summed E-state index contributed by atoms with van der Waals surface area (Å²) < 4.78 is 0. The number of nitrogens with one attached hydrogen (secondary N) is 1. The summed E-state index contributed by atoms with van der Waals surface area (Å²) in [5.41, 5.74) is 6.82. The molecule has 3 N–H and O–H groups in total. The zero-order chi connectivity index (χ0) is 12.7. The lowest BCUT2D eigenvalue weighted by Gasteiger charge is -2.23. The van der Waals surface area contributed by atoms with Crippen molar-refractivity contribution in [3.8, 4) is 0 Å². The molecule has 0 aromatic heterocycles. The van der Waals surface area contributed by atoms with Crippen molar-refractivity contribution in [2.75, 3.05) is 32.1 Å². The van der Waals surface area contributed by atoms with Gasteiger partial charge in [0.2, 0.25) is 0 Å². The Balaban J connectivity index is 2.65. The predicted molar refractivity (Wildman–Crippen MR) is 77.0 cm³/mol. The van der Waals surface area contributed by atoms with E-state index in [2.05, 4.69) is 18.2 Å². The molecule has 4 heteroatoms.